The number of nitrogens with one attached hydrogen (secondary N) is 2. The summed E-state index contributed by atoms with van der Waals surface area (Å²) in [5.74, 6) is -0.110. The fourth-order valence-electron chi connectivity index (χ4n) is 6.57. The Morgan fingerprint density at radius 2 is 2.00 bits per heavy atom. The number of thiazole rings is 1. The molecule has 1 amide bonds. The number of anilines is 2. The Labute approximate surface area is 222 Å². The lowest BCUT2D eigenvalue weighted by Crippen LogP contribution is -2.57. The van der Waals surface area contributed by atoms with Gasteiger partial charge in [0.1, 0.15) is 0 Å². The summed E-state index contributed by atoms with van der Waals surface area (Å²) in [4.78, 5) is 23.8. The van der Waals surface area contributed by atoms with Crippen LogP contribution in [0.15, 0.2) is 54.9 Å². The van der Waals surface area contributed by atoms with E-state index in [1.807, 2.05) is 56.3 Å². The van der Waals surface area contributed by atoms with Gasteiger partial charge in [-0.1, -0.05) is 44.2 Å². The Balaban J connectivity index is 1.48. The number of fused-ring (bicyclic) bond motifs is 2. The molecular weight excluding hydrogens is 484 g/mol. The number of carbonyl (C=O) groups is 1. The first-order valence-electron chi connectivity index (χ1n) is 13.0. The third-order valence-electron chi connectivity index (χ3n) is 8.87. The molecule has 0 saturated heterocycles. The van der Waals surface area contributed by atoms with Crippen LogP contribution in [0.1, 0.15) is 68.1 Å². The zero-order valence-electron chi connectivity index (χ0n) is 21.6. The minimum Gasteiger partial charge on any atom is -0.396 e. The topological polar surface area (TPSA) is 107 Å². The van der Waals surface area contributed by atoms with Crippen LogP contribution >= 0.6 is 11.3 Å². The number of hydrogen-bond donors (Lipinski definition) is 4. The lowest BCUT2D eigenvalue weighted by molar-refractivity contribution is -0.144. The van der Waals surface area contributed by atoms with Gasteiger partial charge in [-0.15, -0.1) is 11.3 Å². The van der Waals surface area contributed by atoms with Crippen molar-refractivity contribution in [2.75, 3.05) is 11.9 Å². The molecule has 2 aromatic heterocycles. The summed E-state index contributed by atoms with van der Waals surface area (Å²) in [5.41, 5.74) is 1.97. The van der Waals surface area contributed by atoms with Crippen molar-refractivity contribution in [2.24, 2.45) is 16.7 Å². The summed E-state index contributed by atoms with van der Waals surface area (Å²) in [6.45, 7) is 6.14. The molecule has 6 atom stereocenters. The number of benzene rings is 1. The summed E-state index contributed by atoms with van der Waals surface area (Å²) in [5, 5.41) is 28.8. The molecule has 37 heavy (non-hydrogen) atoms. The minimum absolute atomic E-state index is 0.0132. The number of hydrogen-bond acceptors (Lipinski definition) is 7. The van der Waals surface area contributed by atoms with E-state index in [0.29, 0.717) is 12.8 Å². The van der Waals surface area contributed by atoms with Gasteiger partial charge in [0.15, 0.2) is 5.13 Å². The van der Waals surface area contributed by atoms with E-state index < -0.39 is 11.5 Å². The van der Waals surface area contributed by atoms with Gasteiger partial charge in [0.05, 0.1) is 36.3 Å². The summed E-state index contributed by atoms with van der Waals surface area (Å²) in [7, 11) is 0. The molecular formula is C29H36N4O3S. The zero-order chi connectivity index (χ0) is 26.2. The van der Waals surface area contributed by atoms with Gasteiger partial charge >= 0.3 is 0 Å². The highest BCUT2D eigenvalue weighted by Gasteiger charge is 2.59. The molecule has 2 aliphatic rings. The predicted octanol–water partition coefficient (Wildman–Crippen LogP) is 4.96. The molecule has 2 heterocycles. The van der Waals surface area contributed by atoms with Gasteiger partial charge in [0.25, 0.3) is 0 Å². The molecule has 5 rings (SSSR count). The van der Waals surface area contributed by atoms with E-state index in [1.54, 1.807) is 23.7 Å². The van der Waals surface area contributed by atoms with Gasteiger partial charge in [0, 0.05) is 28.8 Å². The maximum Gasteiger partial charge on any atom is 0.221 e. The lowest BCUT2D eigenvalue weighted by Gasteiger charge is -2.58. The SMILES string of the molecule is CC(NC(=O)CC1c2nc(Nc3cccnc3)sc2CC2C(C)(CO)C(O)CCC12C)c1ccccc1. The van der Waals surface area contributed by atoms with Gasteiger partial charge in [-0.2, -0.15) is 0 Å². The summed E-state index contributed by atoms with van der Waals surface area (Å²) in [6, 6.07) is 13.7. The third kappa shape index (κ3) is 4.78. The number of carbonyl (C=O) groups excluding carboxylic acids is 1. The highest BCUT2D eigenvalue weighted by atomic mass is 32.1. The average Bonchev–Trinajstić information content (AvgIpc) is 3.30. The number of pyridine rings is 1. The third-order valence-corrected chi connectivity index (χ3v) is 9.88. The molecule has 0 aliphatic heterocycles. The van der Waals surface area contributed by atoms with E-state index in [-0.39, 0.29) is 35.8 Å². The predicted molar refractivity (Wildman–Crippen MR) is 146 cm³/mol. The van der Waals surface area contributed by atoms with Crippen LogP contribution < -0.4 is 10.6 Å². The average molecular weight is 521 g/mol. The molecule has 6 unspecified atom stereocenters. The largest absolute Gasteiger partial charge is 0.396 e. The number of aliphatic hydroxyl groups is 2. The van der Waals surface area contributed by atoms with E-state index >= 15 is 0 Å². The molecule has 1 saturated carbocycles. The quantitative estimate of drug-likeness (QED) is 0.351. The molecule has 0 radical (unpaired) electrons. The van der Waals surface area contributed by atoms with Crippen molar-refractivity contribution in [1.82, 2.24) is 15.3 Å². The van der Waals surface area contributed by atoms with Crippen LogP contribution in [0.4, 0.5) is 10.8 Å². The molecule has 0 bridgehead atoms. The Morgan fingerprint density at radius 3 is 2.70 bits per heavy atom. The van der Waals surface area contributed by atoms with Gasteiger partial charge in [-0.3, -0.25) is 9.78 Å². The molecule has 8 heteroatoms. The standard InChI is InChI=1S/C29H36N4O3S/c1-18(19-8-5-4-6-9-19)31-25(36)14-21-26-22(37-27(33-26)32-20-10-7-13-30-16-20)15-23-28(21,2)12-11-24(35)29(23,3)17-34/h4-10,13,16,18,21,23-24,34-35H,11-12,14-15,17H2,1-3H3,(H,31,36)(H,32,33). The van der Waals surface area contributed by atoms with E-state index in [0.717, 1.165) is 39.8 Å². The number of aliphatic hydroxyl groups excluding tert-OH is 2. The molecule has 7 nitrogen and oxygen atoms in total. The van der Waals surface area contributed by atoms with Crippen molar-refractivity contribution in [3.05, 3.63) is 71.0 Å². The van der Waals surface area contributed by atoms with Gasteiger partial charge in [-0.05, 0) is 55.2 Å². The molecule has 2 aliphatic carbocycles. The fraction of sp³-hybridized carbons (Fsp3) is 0.483. The molecule has 3 aromatic rings. The highest BCUT2D eigenvalue weighted by molar-refractivity contribution is 7.15. The first-order valence-corrected chi connectivity index (χ1v) is 13.9. The second-order valence-corrected chi connectivity index (χ2v) is 12.2. The van der Waals surface area contributed by atoms with E-state index in [2.05, 4.69) is 22.5 Å². The molecule has 0 spiro atoms. The van der Waals surface area contributed by atoms with Crippen molar-refractivity contribution in [3.8, 4) is 0 Å². The molecule has 4 N–H and O–H groups in total. The monoisotopic (exact) mass is 520 g/mol. The smallest absolute Gasteiger partial charge is 0.221 e. The number of amides is 1. The van der Waals surface area contributed by atoms with E-state index in [1.165, 1.54) is 0 Å². The van der Waals surface area contributed by atoms with Crippen LogP contribution in [0.3, 0.4) is 0 Å². The van der Waals surface area contributed by atoms with E-state index in [9.17, 15) is 15.0 Å². The maximum absolute atomic E-state index is 13.5. The van der Waals surface area contributed by atoms with Crippen molar-refractivity contribution >= 4 is 28.1 Å². The first kappa shape index (κ1) is 25.8. The fourth-order valence-corrected chi connectivity index (χ4v) is 7.66. The highest BCUT2D eigenvalue weighted by Crippen LogP contribution is 2.62. The van der Waals surface area contributed by atoms with Crippen LogP contribution in [0.2, 0.25) is 0 Å². The van der Waals surface area contributed by atoms with Crippen LogP contribution in [-0.2, 0) is 11.2 Å². The first-order chi connectivity index (χ1) is 17.7. The van der Waals surface area contributed by atoms with E-state index in [4.69, 9.17) is 4.98 Å². The van der Waals surface area contributed by atoms with Gasteiger partial charge < -0.3 is 20.8 Å². The van der Waals surface area contributed by atoms with Crippen LogP contribution in [0, 0.1) is 16.7 Å². The Morgan fingerprint density at radius 1 is 1.22 bits per heavy atom. The normalized spacial score (nSPS) is 29.6. The maximum atomic E-state index is 13.5. The Hall–Kier alpha value is -2.81. The van der Waals surface area contributed by atoms with Gasteiger partial charge in [-0.25, -0.2) is 4.98 Å². The summed E-state index contributed by atoms with van der Waals surface area (Å²) < 4.78 is 0. The van der Waals surface area contributed by atoms with Crippen LogP contribution in [0.25, 0.3) is 0 Å². The minimum atomic E-state index is -0.641. The van der Waals surface area contributed by atoms with Crippen molar-refractivity contribution < 1.29 is 15.0 Å². The van der Waals surface area contributed by atoms with Crippen molar-refractivity contribution in [1.29, 1.82) is 0 Å². The second-order valence-electron chi connectivity index (χ2n) is 11.1. The molecule has 196 valence electrons. The molecule has 1 fully saturated rings. The summed E-state index contributed by atoms with van der Waals surface area (Å²) in [6.07, 6.45) is 5.33. The Kier molecular flexibility index (Phi) is 7.09. The Bertz CT molecular complexity index is 1240. The number of aromatic nitrogens is 2. The van der Waals surface area contributed by atoms with Crippen molar-refractivity contribution in [3.63, 3.8) is 0 Å². The summed E-state index contributed by atoms with van der Waals surface area (Å²) >= 11 is 1.59. The van der Waals surface area contributed by atoms with Gasteiger partial charge in [0.2, 0.25) is 5.91 Å². The van der Waals surface area contributed by atoms with Crippen LogP contribution in [0.5, 0.6) is 0 Å². The second kappa shape index (κ2) is 10.2. The zero-order valence-corrected chi connectivity index (χ0v) is 22.5. The van der Waals surface area contributed by atoms with Crippen LogP contribution in [-0.4, -0.2) is 38.8 Å². The van der Waals surface area contributed by atoms with Crippen molar-refractivity contribution in [2.45, 2.75) is 64.5 Å². The number of nitrogens with zero attached hydrogens (tertiary/aromatic N) is 2. The lowest BCUT2D eigenvalue weighted by atomic mass is 9.47. The molecule has 1 aromatic carbocycles. The number of rotatable bonds is 7.